The quantitative estimate of drug-likeness (QED) is 0.425. The van der Waals surface area contributed by atoms with E-state index in [0.717, 1.165) is 12.8 Å². The molecule has 1 atom stereocenters. The molecule has 0 aliphatic rings. The van der Waals surface area contributed by atoms with Crippen molar-refractivity contribution in [3.8, 4) is 12.3 Å². The molecule has 0 N–H and O–H groups in total. The van der Waals surface area contributed by atoms with Gasteiger partial charge in [-0.3, -0.25) is 0 Å². The van der Waals surface area contributed by atoms with Crippen molar-refractivity contribution in [2.45, 2.75) is 40.0 Å². The predicted octanol–water partition coefficient (Wildman–Crippen LogP) is 3.39. The summed E-state index contributed by atoms with van der Waals surface area (Å²) in [6, 6.07) is 0. The molecule has 0 bridgehead atoms. The summed E-state index contributed by atoms with van der Waals surface area (Å²) in [5.41, 5.74) is 1.40. The Morgan fingerprint density at radius 1 is 1.55 bits per heavy atom. The van der Waals surface area contributed by atoms with Gasteiger partial charge in [-0.15, -0.1) is 12.3 Å². The fraction of sp³-hybridized carbons (Fsp3) is 0.636. The molecule has 0 saturated carbocycles. The van der Waals surface area contributed by atoms with Gasteiger partial charge in [-0.05, 0) is 12.3 Å². The summed E-state index contributed by atoms with van der Waals surface area (Å²) in [6.07, 6.45) is 10.7. The molecule has 0 aliphatic carbocycles. The number of allylic oxidation sites excluding steroid dienone is 2. The normalized spacial score (nSPS) is 14.2. The molecular weight excluding hydrogens is 132 g/mol. The van der Waals surface area contributed by atoms with Crippen LogP contribution in [0.4, 0.5) is 0 Å². The van der Waals surface area contributed by atoms with E-state index >= 15 is 0 Å². The van der Waals surface area contributed by atoms with Crippen LogP contribution < -0.4 is 0 Å². The predicted molar refractivity (Wildman–Crippen MR) is 51.3 cm³/mol. The fourth-order valence-corrected chi connectivity index (χ4v) is 0.953. The Hall–Kier alpha value is -0.700. The average Bonchev–Trinajstić information content (AvgIpc) is 2.03. The van der Waals surface area contributed by atoms with E-state index in [1.54, 1.807) is 0 Å². The number of hydrogen-bond acceptors (Lipinski definition) is 0. The van der Waals surface area contributed by atoms with E-state index in [4.69, 9.17) is 6.42 Å². The molecule has 0 heteroatoms. The standard InChI is InChI=1S/C11H18/c1-5-8-11(7-3)9-10(4)6-2/h1,9-10H,6-8H2,2-4H3. The zero-order valence-corrected chi connectivity index (χ0v) is 7.85. The molecule has 0 aromatic heterocycles. The van der Waals surface area contributed by atoms with Crippen LogP contribution in [-0.2, 0) is 0 Å². The molecule has 0 spiro atoms. The van der Waals surface area contributed by atoms with Gasteiger partial charge in [0.25, 0.3) is 0 Å². The third kappa shape index (κ3) is 4.67. The highest BCUT2D eigenvalue weighted by Crippen LogP contribution is 2.12. The van der Waals surface area contributed by atoms with Crippen molar-refractivity contribution in [3.05, 3.63) is 11.6 Å². The Balaban J connectivity index is 4.01. The summed E-state index contributed by atoms with van der Waals surface area (Å²) >= 11 is 0. The first kappa shape index (κ1) is 10.3. The summed E-state index contributed by atoms with van der Waals surface area (Å²) in [6.45, 7) is 6.59. The summed E-state index contributed by atoms with van der Waals surface area (Å²) in [5, 5.41) is 0. The van der Waals surface area contributed by atoms with E-state index in [1.165, 1.54) is 12.0 Å². The topological polar surface area (TPSA) is 0 Å². The molecule has 0 aliphatic heterocycles. The SMILES string of the molecule is C#CCC(=CC(C)CC)CC. The molecule has 0 radical (unpaired) electrons. The molecule has 62 valence electrons. The highest BCUT2D eigenvalue weighted by molar-refractivity contribution is 5.10. The first-order chi connectivity index (χ1) is 5.24. The van der Waals surface area contributed by atoms with E-state index in [9.17, 15) is 0 Å². The Kier molecular flexibility index (Phi) is 5.65. The second-order valence-electron chi connectivity index (χ2n) is 2.94. The van der Waals surface area contributed by atoms with Gasteiger partial charge in [-0.1, -0.05) is 38.8 Å². The zero-order chi connectivity index (χ0) is 8.69. The van der Waals surface area contributed by atoms with Gasteiger partial charge in [-0.25, -0.2) is 0 Å². The summed E-state index contributed by atoms with van der Waals surface area (Å²) in [5.74, 6) is 3.36. The van der Waals surface area contributed by atoms with E-state index in [-0.39, 0.29) is 0 Å². The monoisotopic (exact) mass is 150 g/mol. The van der Waals surface area contributed by atoms with Gasteiger partial charge in [0.15, 0.2) is 0 Å². The first-order valence-corrected chi connectivity index (χ1v) is 4.37. The molecule has 0 aromatic carbocycles. The maximum Gasteiger partial charge on any atom is 0.0296 e. The van der Waals surface area contributed by atoms with Gasteiger partial charge in [0.05, 0.1) is 0 Å². The molecule has 0 heterocycles. The van der Waals surface area contributed by atoms with Crippen molar-refractivity contribution in [1.82, 2.24) is 0 Å². The molecule has 0 saturated heterocycles. The fourth-order valence-electron chi connectivity index (χ4n) is 0.953. The third-order valence-corrected chi connectivity index (χ3v) is 1.95. The minimum absolute atomic E-state index is 0.679. The molecule has 0 nitrogen and oxygen atoms in total. The summed E-state index contributed by atoms with van der Waals surface area (Å²) in [7, 11) is 0. The van der Waals surface area contributed by atoms with Crippen LogP contribution >= 0.6 is 0 Å². The van der Waals surface area contributed by atoms with Crippen molar-refractivity contribution < 1.29 is 0 Å². The molecule has 0 rings (SSSR count). The summed E-state index contributed by atoms with van der Waals surface area (Å²) in [4.78, 5) is 0. The minimum atomic E-state index is 0.679. The number of rotatable bonds is 4. The van der Waals surface area contributed by atoms with Gasteiger partial charge in [-0.2, -0.15) is 0 Å². The Labute approximate surface area is 70.7 Å². The average molecular weight is 150 g/mol. The van der Waals surface area contributed by atoms with Gasteiger partial charge in [0, 0.05) is 6.42 Å². The van der Waals surface area contributed by atoms with Crippen molar-refractivity contribution in [3.63, 3.8) is 0 Å². The van der Waals surface area contributed by atoms with Gasteiger partial charge in [0.2, 0.25) is 0 Å². The van der Waals surface area contributed by atoms with Crippen molar-refractivity contribution in [1.29, 1.82) is 0 Å². The van der Waals surface area contributed by atoms with Crippen molar-refractivity contribution in [2.24, 2.45) is 5.92 Å². The highest BCUT2D eigenvalue weighted by atomic mass is 14.0. The Morgan fingerprint density at radius 2 is 2.18 bits per heavy atom. The molecule has 1 unspecified atom stereocenters. The van der Waals surface area contributed by atoms with Crippen LogP contribution in [0.1, 0.15) is 40.0 Å². The molecule has 0 aromatic rings. The maximum atomic E-state index is 5.23. The van der Waals surface area contributed by atoms with Crippen LogP contribution in [0.15, 0.2) is 11.6 Å². The Morgan fingerprint density at radius 3 is 2.55 bits per heavy atom. The summed E-state index contributed by atoms with van der Waals surface area (Å²) < 4.78 is 0. The highest BCUT2D eigenvalue weighted by Gasteiger charge is 1.96. The zero-order valence-electron chi connectivity index (χ0n) is 7.85. The van der Waals surface area contributed by atoms with Gasteiger partial charge >= 0.3 is 0 Å². The maximum absolute atomic E-state index is 5.23. The van der Waals surface area contributed by atoms with Crippen molar-refractivity contribution in [2.75, 3.05) is 0 Å². The lowest BCUT2D eigenvalue weighted by Gasteiger charge is -2.04. The molecule has 0 fully saturated rings. The van der Waals surface area contributed by atoms with E-state index in [2.05, 4.69) is 32.8 Å². The first-order valence-electron chi connectivity index (χ1n) is 4.37. The minimum Gasteiger partial charge on any atom is -0.120 e. The van der Waals surface area contributed by atoms with Crippen LogP contribution in [0, 0.1) is 18.3 Å². The van der Waals surface area contributed by atoms with E-state index in [1.807, 2.05) is 0 Å². The van der Waals surface area contributed by atoms with Crippen LogP contribution in [0.25, 0.3) is 0 Å². The largest absolute Gasteiger partial charge is 0.120 e. The second kappa shape index (κ2) is 6.04. The lowest BCUT2D eigenvalue weighted by Crippen LogP contribution is -1.89. The third-order valence-electron chi connectivity index (χ3n) is 1.95. The van der Waals surface area contributed by atoms with E-state index in [0.29, 0.717) is 5.92 Å². The number of hydrogen-bond donors (Lipinski definition) is 0. The van der Waals surface area contributed by atoms with E-state index < -0.39 is 0 Å². The second-order valence-corrected chi connectivity index (χ2v) is 2.94. The van der Waals surface area contributed by atoms with Gasteiger partial charge < -0.3 is 0 Å². The Bertz CT molecular complexity index is 157. The van der Waals surface area contributed by atoms with Crippen molar-refractivity contribution >= 4 is 0 Å². The lowest BCUT2D eigenvalue weighted by molar-refractivity contribution is 0.687. The molecule has 11 heavy (non-hydrogen) atoms. The smallest absolute Gasteiger partial charge is 0.0296 e. The number of terminal acetylenes is 1. The van der Waals surface area contributed by atoms with Crippen LogP contribution in [0.5, 0.6) is 0 Å². The van der Waals surface area contributed by atoms with Crippen LogP contribution in [0.2, 0.25) is 0 Å². The molecular formula is C11H18. The lowest BCUT2D eigenvalue weighted by atomic mass is 10.0. The van der Waals surface area contributed by atoms with Crippen LogP contribution in [-0.4, -0.2) is 0 Å². The molecule has 0 amide bonds. The van der Waals surface area contributed by atoms with Gasteiger partial charge in [0.1, 0.15) is 0 Å². The van der Waals surface area contributed by atoms with Crippen LogP contribution in [0.3, 0.4) is 0 Å².